The normalized spacial score (nSPS) is 9.67. The van der Waals surface area contributed by atoms with Gasteiger partial charge in [-0.3, -0.25) is 16.8 Å². The van der Waals surface area contributed by atoms with Gasteiger partial charge < -0.3 is 18.2 Å². The van der Waals surface area contributed by atoms with Gasteiger partial charge in [0.2, 0.25) is 0 Å². The largest absolute Gasteiger partial charge is 1.00 e. The maximum Gasteiger partial charge on any atom is 1.00 e. The van der Waals surface area contributed by atoms with Crippen molar-refractivity contribution in [2.45, 2.75) is 0 Å². The van der Waals surface area contributed by atoms with Crippen molar-refractivity contribution in [3.8, 4) is 0 Å². The second-order valence-electron chi connectivity index (χ2n) is 0.816. The van der Waals surface area contributed by atoms with Crippen LogP contribution in [0.15, 0.2) is 0 Å². The van der Waals surface area contributed by atoms with E-state index in [1.807, 2.05) is 0 Å². The molecule has 0 spiro atoms. The molecular weight excluding hydrogens is 238 g/mol. The van der Waals surface area contributed by atoms with Crippen LogP contribution in [-0.4, -0.2) is 35.0 Å². The van der Waals surface area contributed by atoms with Gasteiger partial charge in [-0.25, -0.2) is 0 Å². The first-order chi connectivity index (χ1) is 4.00. The molecule has 0 bridgehead atoms. The van der Waals surface area contributed by atoms with Crippen LogP contribution in [0.3, 0.4) is 0 Å². The van der Waals surface area contributed by atoms with E-state index in [-0.39, 0.29) is 59.1 Å². The zero-order chi connectivity index (χ0) is 9.00. The van der Waals surface area contributed by atoms with E-state index in [0.717, 1.165) is 0 Å². The molecule has 0 aromatic carbocycles. The molecule has 64 valence electrons. The monoisotopic (exact) mass is 238 g/mol. The van der Waals surface area contributed by atoms with Crippen LogP contribution in [-0.2, 0) is 20.8 Å². The van der Waals surface area contributed by atoms with Crippen molar-refractivity contribution in [3.05, 3.63) is 0 Å². The van der Waals surface area contributed by atoms with Crippen LogP contribution in [0, 0.1) is 0 Å². The summed E-state index contributed by atoms with van der Waals surface area (Å²) in [5.74, 6) is 0. The molecule has 0 atom stereocenters. The van der Waals surface area contributed by atoms with Crippen LogP contribution in [0.4, 0.5) is 0 Å². The van der Waals surface area contributed by atoms with Gasteiger partial charge in [-0.15, -0.1) is 0 Å². The molecule has 12 heavy (non-hydrogen) atoms. The summed E-state index contributed by atoms with van der Waals surface area (Å²) in [5.41, 5.74) is 0. The number of rotatable bonds is 0. The van der Waals surface area contributed by atoms with Crippen LogP contribution in [0.5, 0.6) is 0 Å². The summed E-state index contributed by atoms with van der Waals surface area (Å²) in [5, 5.41) is 0. The maximum atomic E-state index is 8.52. The van der Waals surface area contributed by atoms with E-state index in [2.05, 4.69) is 0 Å². The van der Waals surface area contributed by atoms with E-state index < -0.39 is 20.8 Å². The first-order valence-corrected chi connectivity index (χ1v) is 4.00. The van der Waals surface area contributed by atoms with Crippen molar-refractivity contribution < 1.29 is 94.2 Å². The van der Waals surface area contributed by atoms with Crippen molar-refractivity contribution >= 4 is 20.8 Å². The summed E-state index contributed by atoms with van der Waals surface area (Å²) in [7, 11) is -10.3. The maximum absolute atomic E-state index is 8.52. The van der Waals surface area contributed by atoms with Crippen LogP contribution in [0.25, 0.3) is 0 Å². The third-order valence-corrected chi connectivity index (χ3v) is 0. The molecule has 0 aromatic heterocycles. The second kappa shape index (κ2) is 9.30. The molecule has 0 rings (SSSR count). The van der Waals surface area contributed by atoms with E-state index in [9.17, 15) is 0 Å². The smallest absolute Gasteiger partial charge is 0.759 e. The standard InChI is InChI=1S/2Na.2H2O4S/c;;2*1-5(2,3)4/h;;2*(H2,1,2,3,4)/q2*+1;;/p-4. The Labute approximate surface area is 113 Å². The van der Waals surface area contributed by atoms with Crippen LogP contribution < -0.4 is 59.1 Å². The third kappa shape index (κ3) is 447. The predicted molar refractivity (Wildman–Crippen MR) is 20.9 cm³/mol. The molecule has 0 unspecified atom stereocenters. The number of hydrogen-bond acceptors (Lipinski definition) is 8. The van der Waals surface area contributed by atoms with Gasteiger partial charge in [0.15, 0.2) is 0 Å². The van der Waals surface area contributed by atoms with Gasteiger partial charge in [0, 0.05) is 20.8 Å². The van der Waals surface area contributed by atoms with Crippen molar-refractivity contribution in [3.63, 3.8) is 0 Å². The molecule has 0 radical (unpaired) electrons. The summed E-state index contributed by atoms with van der Waals surface area (Å²) in [6.45, 7) is 0. The minimum atomic E-state index is -5.17. The van der Waals surface area contributed by atoms with Gasteiger partial charge in [0.05, 0.1) is 0 Å². The van der Waals surface area contributed by atoms with E-state index in [4.69, 9.17) is 35.0 Å². The summed E-state index contributed by atoms with van der Waals surface area (Å²) in [6.07, 6.45) is 0. The average molecular weight is 238 g/mol. The molecule has 0 amide bonds. The van der Waals surface area contributed by atoms with Gasteiger partial charge in [0.1, 0.15) is 0 Å². The zero-order valence-electron chi connectivity index (χ0n) is 6.08. The molecule has 8 nitrogen and oxygen atoms in total. The Morgan fingerprint density at radius 1 is 0.583 bits per heavy atom. The molecule has 0 saturated heterocycles. The molecule has 0 N–H and O–H groups in total. The van der Waals surface area contributed by atoms with Crippen molar-refractivity contribution in [1.82, 2.24) is 0 Å². The predicted octanol–water partition coefficient (Wildman–Crippen LogP) is -8.67. The van der Waals surface area contributed by atoms with Crippen LogP contribution >= 0.6 is 0 Å². The third-order valence-electron chi connectivity index (χ3n) is 0. The van der Waals surface area contributed by atoms with Crippen molar-refractivity contribution in [2.24, 2.45) is 0 Å². The molecule has 12 heteroatoms. The fourth-order valence-corrected chi connectivity index (χ4v) is 0. The SMILES string of the molecule is O=S(=O)([O-])[O-].O=S(=O)([O-])[O-].[Na+].[Na+]. The Hall–Kier alpha value is 1.74. The van der Waals surface area contributed by atoms with Crippen LogP contribution in [0.1, 0.15) is 0 Å². The summed E-state index contributed by atoms with van der Waals surface area (Å²) >= 11 is 0. The Balaban J connectivity index is -0.0000000457. The Morgan fingerprint density at radius 3 is 0.583 bits per heavy atom. The fourth-order valence-electron chi connectivity index (χ4n) is 0. The minimum Gasteiger partial charge on any atom is -0.759 e. The zero-order valence-corrected chi connectivity index (χ0v) is 11.7. The van der Waals surface area contributed by atoms with Gasteiger partial charge in [-0.2, -0.15) is 0 Å². The van der Waals surface area contributed by atoms with E-state index in [1.54, 1.807) is 0 Å². The Bertz CT molecular complexity index is 211. The molecule has 0 fully saturated rings. The molecular formula is Na2O8S2-2. The molecule has 0 aromatic rings. The molecule has 0 aliphatic carbocycles. The fraction of sp³-hybridized carbons (Fsp3) is 0. The van der Waals surface area contributed by atoms with Crippen LogP contribution in [0.2, 0.25) is 0 Å². The topological polar surface area (TPSA) is 161 Å². The van der Waals surface area contributed by atoms with E-state index in [1.165, 1.54) is 0 Å². The van der Waals surface area contributed by atoms with Crippen molar-refractivity contribution in [2.75, 3.05) is 0 Å². The van der Waals surface area contributed by atoms with Gasteiger partial charge in [0.25, 0.3) is 0 Å². The first kappa shape index (κ1) is 23.5. The average Bonchev–Trinajstić information content (AvgIpc) is 1.12. The molecule has 0 aliphatic heterocycles. The quantitative estimate of drug-likeness (QED) is 0.228. The summed E-state index contributed by atoms with van der Waals surface area (Å²) < 4.78 is 68.2. The van der Waals surface area contributed by atoms with Gasteiger partial charge >= 0.3 is 59.1 Å². The molecule has 0 saturated carbocycles. The van der Waals surface area contributed by atoms with Crippen molar-refractivity contribution in [1.29, 1.82) is 0 Å². The van der Waals surface area contributed by atoms with Gasteiger partial charge in [-0.05, 0) is 0 Å². The minimum absolute atomic E-state index is 0. The summed E-state index contributed by atoms with van der Waals surface area (Å²) in [4.78, 5) is 0. The second-order valence-corrected chi connectivity index (χ2v) is 2.45. The van der Waals surface area contributed by atoms with Gasteiger partial charge in [-0.1, -0.05) is 0 Å². The summed E-state index contributed by atoms with van der Waals surface area (Å²) in [6, 6.07) is 0. The Kier molecular flexibility index (Phi) is 18.2. The molecule has 0 aliphatic rings. The van der Waals surface area contributed by atoms with E-state index >= 15 is 0 Å². The number of hydrogen-bond donors (Lipinski definition) is 0. The van der Waals surface area contributed by atoms with E-state index in [0.29, 0.717) is 0 Å². The Morgan fingerprint density at radius 2 is 0.583 bits per heavy atom. The molecule has 0 heterocycles. The first-order valence-electron chi connectivity index (χ1n) is 1.33.